The van der Waals surface area contributed by atoms with Gasteiger partial charge in [0.05, 0.1) is 5.54 Å². The highest BCUT2D eigenvalue weighted by atomic mass is 35.5. The third kappa shape index (κ3) is 2.53. The lowest BCUT2D eigenvalue weighted by molar-refractivity contribution is -0.123. The number of amides is 1. The number of aryl methyl sites for hydroxylation is 2. The Kier molecular flexibility index (Phi) is 3.80. The fourth-order valence-corrected chi connectivity index (χ4v) is 2.34. The van der Waals surface area contributed by atoms with Gasteiger partial charge >= 0.3 is 0 Å². The Bertz CT molecular complexity index is 658. The Balaban J connectivity index is 0.00000147. The molecule has 1 amide bonds. The van der Waals surface area contributed by atoms with Crippen LogP contribution in [0.3, 0.4) is 0 Å². The van der Waals surface area contributed by atoms with Crippen LogP contribution >= 0.6 is 12.4 Å². The number of carbonyl (C=O) groups is 1. The highest BCUT2D eigenvalue weighted by Crippen LogP contribution is 2.32. The van der Waals surface area contributed by atoms with Gasteiger partial charge in [0.2, 0.25) is 5.91 Å². The zero-order valence-electron chi connectivity index (χ0n) is 11.7. The zero-order valence-corrected chi connectivity index (χ0v) is 12.6. The van der Waals surface area contributed by atoms with Gasteiger partial charge in [0.25, 0.3) is 0 Å². The molecule has 0 aliphatic heterocycles. The number of hydrogen-bond donors (Lipinski definition) is 3. The van der Waals surface area contributed by atoms with Crippen molar-refractivity contribution >= 4 is 29.2 Å². The van der Waals surface area contributed by atoms with Gasteiger partial charge in [-0.15, -0.1) is 12.4 Å². The van der Waals surface area contributed by atoms with Crippen molar-refractivity contribution in [1.29, 1.82) is 0 Å². The maximum atomic E-state index is 11.8. The summed E-state index contributed by atoms with van der Waals surface area (Å²) in [6, 6.07) is 6.23. The molecule has 4 nitrogen and oxygen atoms in total. The molecule has 0 atom stereocenters. The smallest absolute Gasteiger partial charge is 0.240 e. The largest absolute Gasteiger partial charge is 0.358 e. The third-order valence-corrected chi connectivity index (χ3v) is 4.07. The lowest BCUT2D eigenvalue weighted by Crippen LogP contribution is -2.42. The standard InChI is InChI=1S/C15H19N3O.ClH/c1-9-10(2)18-13-4-3-11(7-12(9)13)8-17-14(19)15(16)5-6-15;/h3-4,7,18H,5-6,8,16H2,1-2H3,(H,17,19);1H. The molecule has 1 saturated carbocycles. The second-order valence-electron chi connectivity index (χ2n) is 5.59. The van der Waals surface area contributed by atoms with E-state index in [0.29, 0.717) is 6.54 Å². The molecule has 2 aromatic rings. The summed E-state index contributed by atoms with van der Waals surface area (Å²) in [6.07, 6.45) is 1.60. The second kappa shape index (κ2) is 5.11. The predicted molar refractivity (Wildman–Crippen MR) is 83.0 cm³/mol. The van der Waals surface area contributed by atoms with Crippen molar-refractivity contribution in [3.8, 4) is 0 Å². The monoisotopic (exact) mass is 293 g/mol. The van der Waals surface area contributed by atoms with Gasteiger partial charge in [-0.25, -0.2) is 0 Å². The molecule has 0 bridgehead atoms. The number of aromatic amines is 1. The second-order valence-corrected chi connectivity index (χ2v) is 5.59. The molecule has 20 heavy (non-hydrogen) atoms. The van der Waals surface area contributed by atoms with Gasteiger partial charge < -0.3 is 16.0 Å². The molecular weight excluding hydrogens is 274 g/mol. The van der Waals surface area contributed by atoms with Crippen molar-refractivity contribution in [2.24, 2.45) is 5.73 Å². The first-order chi connectivity index (χ1) is 8.99. The molecule has 3 rings (SSSR count). The minimum atomic E-state index is -0.593. The number of carbonyl (C=O) groups excluding carboxylic acids is 1. The number of rotatable bonds is 3. The van der Waals surface area contributed by atoms with Crippen molar-refractivity contribution in [1.82, 2.24) is 10.3 Å². The van der Waals surface area contributed by atoms with Gasteiger partial charge in [0.15, 0.2) is 0 Å². The van der Waals surface area contributed by atoms with Crippen LogP contribution in [0.15, 0.2) is 18.2 Å². The van der Waals surface area contributed by atoms with E-state index in [-0.39, 0.29) is 18.3 Å². The number of H-pyrrole nitrogens is 1. The van der Waals surface area contributed by atoms with Crippen LogP contribution in [0.5, 0.6) is 0 Å². The summed E-state index contributed by atoms with van der Waals surface area (Å²) >= 11 is 0. The number of aromatic nitrogens is 1. The zero-order chi connectivity index (χ0) is 13.6. The Labute approximate surface area is 124 Å². The maximum absolute atomic E-state index is 11.8. The minimum absolute atomic E-state index is 0. The quantitative estimate of drug-likeness (QED) is 0.813. The number of benzene rings is 1. The van der Waals surface area contributed by atoms with Gasteiger partial charge in [-0.3, -0.25) is 4.79 Å². The Morgan fingerprint density at radius 2 is 2.10 bits per heavy atom. The van der Waals surface area contributed by atoms with E-state index in [2.05, 4.69) is 36.3 Å². The van der Waals surface area contributed by atoms with Gasteiger partial charge in [0.1, 0.15) is 0 Å². The predicted octanol–water partition coefficient (Wildman–Crippen LogP) is 2.31. The Morgan fingerprint density at radius 1 is 1.40 bits per heavy atom. The Hall–Kier alpha value is -1.52. The number of nitrogens with one attached hydrogen (secondary N) is 2. The van der Waals surface area contributed by atoms with E-state index >= 15 is 0 Å². The molecular formula is C15H20ClN3O. The van der Waals surface area contributed by atoms with Crippen LogP contribution in [0.25, 0.3) is 10.9 Å². The summed E-state index contributed by atoms with van der Waals surface area (Å²) in [4.78, 5) is 15.1. The van der Waals surface area contributed by atoms with Crippen molar-refractivity contribution in [3.63, 3.8) is 0 Å². The molecule has 0 unspecified atom stereocenters. The van der Waals surface area contributed by atoms with E-state index in [9.17, 15) is 4.79 Å². The molecule has 1 aliphatic rings. The van der Waals surface area contributed by atoms with Crippen LogP contribution in [0.4, 0.5) is 0 Å². The van der Waals surface area contributed by atoms with Gasteiger partial charge in [-0.05, 0) is 49.9 Å². The summed E-state index contributed by atoms with van der Waals surface area (Å²) in [6.45, 7) is 4.72. The first-order valence-corrected chi connectivity index (χ1v) is 6.65. The molecule has 0 saturated heterocycles. The van der Waals surface area contributed by atoms with Crippen molar-refractivity contribution in [2.45, 2.75) is 38.8 Å². The summed E-state index contributed by atoms with van der Waals surface area (Å²) in [7, 11) is 0. The van der Waals surface area contributed by atoms with Crippen molar-refractivity contribution in [3.05, 3.63) is 35.0 Å². The first kappa shape index (κ1) is 14.9. The summed E-state index contributed by atoms with van der Waals surface area (Å²) in [5.74, 6) is -0.0328. The van der Waals surface area contributed by atoms with Crippen LogP contribution < -0.4 is 11.1 Å². The molecule has 1 aliphatic carbocycles. The number of nitrogens with two attached hydrogens (primary N) is 1. The average Bonchev–Trinajstić information content (AvgIpc) is 3.09. The SMILES string of the molecule is Cc1[nH]c2ccc(CNC(=O)C3(N)CC3)cc2c1C.Cl. The van der Waals surface area contributed by atoms with Gasteiger partial charge in [-0.1, -0.05) is 6.07 Å². The van der Waals surface area contributed by atoms with Crippen molar-refractivity contribution < 1.29 is 4.79 Å². The number of halogens is 1. The fourth-order valence-electron chi connectivity index (χ4n) is 2.34. The van der Waals surface area contributed by atoms with E-state index < -0.39 is 5.54 Å². The molecule has 1 heterocycles. The lowest BCUT2D eigenvalue weighted by atomic mass is 10.1. The van der Waals surface area contributed by atoms with Gasteiger partial charge in [0, 0.05) is 23.1 Å². The van der Waals surface area contributed by atoms with E-state index in [1.807, 2.05) is 6.07 Å². The topological polar surface area (TPSA) is 70.9 Å². The fraction of sp³-hybridized carbons (Fsp3) is 0.400. The van der Waals surface area contributed by atoms with Gasteiger partial charge in [-0.2, -0.15) is 0 Å². The number of fused-ring (bicyclic) bond motifs is 1. The number of hydrogen-bond acceptors (Lipinski definition) is 2. The van der Waals surface area contributed by atoms with Crippen LogP contribution in [-0.2, 0) is 11.3 Å². The molecule has 0 spiro atoms. The lowest BCUT2D eigenvalue weighted by Gasteiger charge is -2.10. The normalized spacial score (nSPS) is 15.8. The molecule has 108 valence electrons. The molecule has 1 fully saturated rings. The summed E-state index contributed by atoms with van der Waals surface area (Å²) < 4.78 is 0. The van der Waals surface area contributed by atoms with Crippen LogP contribution in [-0.4, -0.2) is 16.4 Å². The van der Waals surface area contributed by atoms with E-state index in [4.69, 9.17) is 5.73 Å². The maximum Gasteiger partial charge on any atom is 0.240 e. The van der Waals surface area contributed by atoms with E-state index in [1.165, 1.54) is 16.6 Å². The average molecular weight is 294 g/mol. The minimum Gasteiger partial charge on any atom is -0.358 e. The van der Waals surface area contributed by atoms with Crippen molar-refractivity contribution in [2.75, 3.05) is 0 Å². The van der Waals surface area contributed by atoms with Crippen LogP contribution in [0.1, 0.15) is 29.7 Å². The van der Waals surface area contributed by atoms with E-state index in [0.717, 1.165) is 23.9 Å². The summed E-state index contributed by atoms with van der Waals surface area (Å²) in [5, 5.41) is 4.14. The highest BCUT2D eigenvalue weighted by molar-refractivity contribution is 5.89. The highest BCUT2D eigenvalue weighted by Gasteiger charge is 2.45. The van der Waals surface area contributed by atoms with Crippen LogP contribution in [0.2, 0.25) is 0 Å². The molecule has 1 aromatic heterocycles. The summed E-state index contributed by atoms with van der Waals surface area (Å²) in [5.41, 5.74) is 9.96. The first-order valence-electron chi connectivity index (χ1n) is 6.65. The molecule has 4 N–H and O–H groups in total. The Morgan fingerprint density at radius 3 is 2.75 bits per heavy atom. The third-order valence-electron chi connectivity index (χ3n) is 4.07. The molecule has 1 aromatic carbocycles. The molecule has 0 radical (unpaired) electrons. The van der Waals surface area contributed by atoms with Crippen LogP contribution in [0, 0.1) is 13.8 Å². The molecule has 5 heteroatoms. The van der Waals surface area contributed by atoms with E-state index in [1.54, 1.807) is 0 Å².